The molecule has 144 valence electrons. The van der Waals surface area contributed by atoms with Crippen molar-refractivity contribution in [2.24, 2.45) is 11.8 Å². The summed E-state index contributed by atoms with van der Waals surface area (Å²) in [6, 6.07) is 11.8. The van der Waals surface area contributed by atoms with Crippen LogP contribution in [-0.2, 0) is 4.79 Å². The van der Waals surface area contributed by atoms with Crippen LogP contribution in [0.3, 0.4) is 0 Å². The largest absolute Gasteiger partial charge is 0.390 e. The predicted molar refractivity (Wildman–Crippen MR) is 111 cm³/mol. The van der Waals surface area contributed by atoms with Crippen molar-refractivity contribution in [3.63, 3.8) is 0 Å². The Morgan fingerprint density at radius 3 is 2.71 bits per heavy atom. The third-order valence-electron chi connectivity index (χ3n) is 5.45. The molecular weight excluding hydrogens is 352 g/mol. The number of aryl methyl sites for hydroxylation is 1. The van der Waals surface area contributed by atoms with Crippen LogP contribution < -0.4 is 11.1 Å². The molecule has 4 N–H and O–H groups in total. The van der Waals surface area contributed by atoms with Crippen molar-refractivity contribution in [3.8, 4) is 11.3 Å². The number of nitrogens with one attached hydrogen (secondary N) is 1. The SMILES string of the molecule is Cc1ccccc1-c1cc2cc(NC(=O)[C@@H]3C[C@H]3C(C)(C)O)ncc2c(N)n1. The maximum absolute atomic E-state index is 12.5. The van der Waals surface area contributed by atoms with E-state index in [-0.39, 0.29) is 17.7 Å². The number of pyridine rings is 2. The Morgan fingerprint density at radius 2 is 2.04 bits per heavy atom. The topological polar surface area (TPSA) is 101 Å². The van der Waals surface area contributed by atoms with Crippen molar-refractivity contribution in [2.45, 2.75) is 32.8 Å². The highest BCUT2D eigenvalue weighted by Crippen LogP contribution is 2.46. The van der Waals surface area contributed by atoms with Crippen LogP contribution in [0.4, 0.5) is 11.6 Å². The molecule has 1 aliphatic rings. The number of aliphatic hydroxyl groups is 1. The normalized spacial score (nSPS) is 18.9. The smallest absolute Gasteiger partial charge is 0.229 e. The van der Waals surface area contributed by atoms with Crippen molar-refractivity contribution >= 4 is 28.3 Å². The minimum atomic E-state index is -0.846. The van der Waals surface area contributed by atoms with Crippen molar-refractivity contribution in [3.05, 3.63) is 48.2 Å². The maximum atomic E-state index is 12.5. The Hall–Kier alpha value is -2.99. The van der Waals surface area contributed by atoms with Gasteiger partial charge in [-0.2, -0.15) is 0 Å². The van der Waals surface area contributed by atoms with Gasteiger partial charge < -0.3 is 16.2 Å². The summed E-state index contributed by atoms with van der Waals surface area (Å²) in [6.07, 6.45) is 2.33. The highest BCUT2D eigenvalue weighted by Gasteiger charge is 2.51. The number of nitrogen functional groups attached to an aromatic ring is 1. The van der Waals surface area contributed by atoms with Crippen molar-refractivity contribution in [1.82, 2.24) is 9.97 Å². The molecule has 3 aromatic rings. The van der Waals surface area contributed by atoms with Crippen LogP contribution in [0.1, 0.15) is 25.8 Å². The first-order chi connectivity index (χ1) is 13.2. The second-order valence-corrected chi connectivity index (χ2v) is 8.09. The minimum Gasteiger partial charge on any atom is -0.390 e. The molecule has 2 heterocycles. The molecule has 0 saturated heterocycles. The lowest BCUT2D eigenvalue weighted by Gasteiger charge is -2.16. The molecule has 0 spiro atoms. The van der Waals surface area contributed by atoms with Gasteiger partial charge in [-0.3, -0.25) is 4.79 Å². The second-order valence-electron chi connectivity index (χ2n) is 8.09. The first-order valence-electron chi connectivity index (χ1n) is 9.39. The van der Waals surface area contributed by atoms with Gasteiger partial charge in [0.25, 0.3) is 0 Å². The van der Waals surface area contributed by atoms with Crippen LogP contribution in [0, 0.1) is 18.8 Å². The van der Waals surface area contributed by atoms with Crippen LogP contribution in [0.15, 0.2) is 42.6 Å². The molecule has 28 heavy (non-hydrogen) atoms. The van der Waals surface area contributed by atoms with E-state index >= 15 is 0 Å². The number of hydrogen-bond acceptors (Lipinski definition) is 5. The number of rotatable bonds is 4. The van der Waals surface area contributed by atoms with Gasteiger partial charge in [0.1, 0.15) is 11.6 Å². The van der Waals surface area contributed by atoms with E-state index in [1.807, 2.05) is 43.3 Å². The zero-order chi connectivity index (χ0) is 20.1. The van der Waals surface area contributed by atoms with Gasteiger partial charge >= 0.3 is 0 Å². The lowest BCUT2D eigenvalue weighted by Crippen LogP contribution is -2.26. The Labute approximate surface area is 163 Å². The zero-order valence-electron chi connectivity index (χ0n) is 16.2. The van der Waals surface area contributed by atoms with E-state index in [0.29, 0.717) is 18.1 Å². The van der Waals surface area contributed by atoms with E-state index in [9.17, 15) is 9.90 Å². The van der Waals surface area contributed by atoms with Gasteiger partial charge in [0.15, 0.2) is 0 Å². The Balaban J connectivity index is 1.63. The van der Waals surface area contributed by atoms with Crippen molar-refractivity contribution < 1.29 is 9.90 Å². The number of carbonyl (C=O) groups excluding carboxylic acids is 1. The van der Waals surface area contributed by atoms with Crippen LogP contribution in [0.2, 0.25) is 0 Å². The van der Waals surface area contributed by atoms with Crippen molar-refractivity contribution in [2.75, 3.05) is 11.1 Å². The monoisotopic (exact) mass is 376 g/mol. The summed E-state index contributed by atoms with van der Waals surface area (Å²) in [5.74, 6) is 0.578. The number of anilines is 2. The van der Waals surface area contributed by atoms with Crippen LogP contribution in [-0.4, -0.2) is 26.6 Å². The Bertz CT molecular complexity index is 1070. The fourth-order valence-corrected chi connectivity index (χ4v) is 3.73. The quantitative estimate of drug-likeness (QED) is 0.647. The molecule has 1 amide bonds. The van der Waals surface area contributed by atoms with Gasteiger partial charge in [-0.1, -0.05) is 24.3 Å². The summed E-state index contributed by atoms with van der Waals surface area (Å²) in [5.41, 5.74) is 8.23. The first-order valence-corrected chi connectivity index (χ1v) is 9.39. The lowest BCUT2D eigenvalue weighted by molar-refractivity contribution is -0.118. The van der Waals surface area contributed by atoms with E-state index in [1.54, 1.807) is 20.0 Å². The first kappa shape index (κ1) is 18.4. The minimum absolute atomic E-state index is 0.0135. The molecule has 6 heteroatoms. The van der Waals surface area contributed by atoms with E-state index in [4.69, 9.17) is 5.73 Å². The van der Waals surface area contributed by atoms with E-state index in [2.05, 4.69) is 15.3 Å². The Kier molecular flexibility index (Phi) is 4.31. The van der Waals surface area contributed by atoms with E-state index in [0.717, 1.165) is 27.6 Å². The number of nitrogens with two attached hydrogens (primary N) is 1. The third kappa shape index (κ3) is 3.43. The maximum Gasteiger partial charge on any atom is 0.229 e. The average molecular weight is 376 g/mol. The average Bonchev–Trinajstić information content (AvgIpc) is 3.43. The van der Waals surface area contributed by atoms with Gasteiger partial charge in [-0.15, -0.1) is 0 Å². The number of benzene rings is 1. The molecule has 0 bridgehead atoms. The summed E-state index contributed by atoms with van der Waals surface area (Å²) in [6.45, 7) is 5.51. The molecule has 1 fully saturated rings. The van der Waals surface area contributed by atoms with Gasteiger partial charge in [0.05, 0.1) is 11.3 Å². The number of fused-ring (bicyclic) bond motifs is 1. The van der Waals surface area contributed by atoms with E-state index < -0.39 is 5.60 Å². The van der Waals surface area contributed by atoms with Crippen LogP contribution >= 0.6 is 0 Å². The predicted octanol–water partition coefficient (Wildman–Crippen LogP) is 3.53. The fourth-order valence-electron chi connectivity index (χ4n) is 3.73. The second kappa shape index (κ2) is 6.56. The molecule has 1 aromatic carbocycles. The molecule has 4 rings (SSSR count). The molecule has 1 aliphatic carbocycles. The van der Waals surface area contributed by atoms with Crippen LogP contribution in [0.5, 0.6) is 0 Å². The summed E-state index contributed by atoms with van der Waals surface area (Å²) < 4.78 is 0. The molecule has 2 aromatic heterocycles. The third-order valence-corrected chi connectivity index (χ3v) is 5.45. The molecule has 1 saturated carbocycles. The highest BCUT2D eigenvalue weighted by atomic mass is 16.3. The summed E-state index contributed by atoms with van der Waals surface area (Å²) in [5, 5.41) is 14.5. The van der Waals surface area contributed by atoms with E-state index in [1.165, 1.54) is 0 Å². The summed E-state index contributed by atoms with van der Waals surface area (Å²) in [7, 11) is 0. The zero-order valence-corrected chi connectivity index (χ0v) is 16.2. The molecule has 0 unspecified atom stereocenters. The molecule has 2 atom stereocenters. The number of nitrogens with zero attached hydrogens (tertiary/aromatic N) is 2. The molecule has 0 radical (unpaired) electrons. The Morgan fingerprint density at radius 1 is 1.29 bits per heavy atom. The van der Waals surface area contributed by atoms with Gasteiger partial charge in [-0.25, -0.2) is 9.97 Å². The van der Waals surface area contributed by atoms with Gasteiger partial charge in [0, 0.05) is 23.1 Å². The van der Waals surface area contributed by atoms with Crippen LogP contribution in [0.25, 0.3) is 22.0 Å². The van der Waals surface area contributed by atoms with Gasteiger partial charge in [0.2, 0.25) is 5.91 Å². The number of aromatic nitrogens is 2. The highest BCUT2D eigenvalue weighted by molar-refractivity contribution is 5.98. The standard InChI is InChI=1S/C22H24N4O2/c1-12-6-4-5-7-14(12)18-8-13-9-19(24-11-16(13)20(23)25-18)26-21(27)15-10-17(15)22(2,3)28/h4-9,11,15,17,28H,10H2,1-3H3,(H2,23,25)(H,24,26,27)/t15-,17-/m1/s1. The molecular formula is C22H24N4O2. The number of hydrogen-bond donors (Lipinski definition) is 3. The van der Waals surface area contributed by atoms with Gasteiger partial charge in [-0.05, 0) is 56.2 Å². The molecule has 0 aliphatic heterocycles. The fraction of sp³-hybridized carbons (Fsp3) is 0.318. The number of amides is 1. The lowest BCUT2D eigenvalue weighted by atomic mass is 10.0. The molecule has 6 nitrogen and oxygen atoms in total. The summed E-state index contributed by atoms with van der Waals surface area (Å²) >= 11 is 0. The summed E-state index contributed by atoms with van der Waals surface area (Å²) in [4.78, 5) is 21.3. The van der Waals surface area contributed by atoms with Crippen molar-refractivity contribution in [1.29, 1.82) is 0 Å². The number of carbonyl (C=O) groups is 1.